The first-order valence-electron chi connectivity index (χ1n) is 7.87. The van der Waals surface area contributed by atoms with Crippen LogP contribution in [0.3, 0.4) is 0 Å². The number of aliphatic carboxylic acids is 1. The molecule has 0 aliphatic carbocycles. The number of nitrogens with zero attached hydrogens (tertiary/aromatic N) is 2. The summed E-state index contributed by atoms with van der Waals surface area (Å²) in [6, 6.07) is 5.48. The average Bonchev–Trinajstić information content (AvgIpc) is 3.08. The number of carboxylic acids is 1. The van der Waals surface area contributed by atoms with Gasteiger partial charge in [0.05, 0.1) is 26.3 Å². The molecule has 0 saturated heterocycles. The molecule has 0 aliphatic rings. The zero-order valence-corrected chi connectivity index (χ0v) is 16.2. The number of thiazole rings is 1. The third kappa shape index (κ3) is 3.96. The maximum absolute atomic E-state index is 12.4. The van der Waals surface area contributed by atoms with Crippen LogP contribution < -0.4 is 9.47 Å². The van der Waals surface area contributed by atoms with Gasteiger partial charge < -0.3 is 19.5 Å². The highest BCUT2D eigenvalue weighted by molar-refractivity contribution is 7.13. The van der Waals surface area contributed by atoms with Crippen molar-refractivity contribution in [3.05, 3.63) is 29.3 Å². The van der Waals surface area contributed by atoms with E-state index in [0.29, 0.717) is 17.2 Å². The zero-order valence-electron chi connectivity index (χ0n) is 15.4. The number of carboxylic acid groups (broad SMARTS) is 1. The average molecular weight is 378 g/mol. The number of rotatable bonds is 7. The minimum absolute atomic E-state index is 0.0387. The normalized spacial score (nSPS) is 11.1. The first-order chi connectivity index (χ1) is 12.2. The molecule has 0 fully saturated rings. The minimum Gasteiger partial charge on any atom is -0.493 e. The van der Waals surface area contributed by atoms with Gasteiger partial charge in [0, 0.05) is 18.0 Å². The first-order valence-corrected chi connectivity index (χ1v) is 8.75. The van der Waals surface area contributed by atoms with Crippen LogP contribution in [0.25, 0.3) is 10.6 Å². The van der Waals surface area contributed by atoms with E-state index in [-0.39, 0.29) is 12.3 Å². The number of ether oxygens (including phenoxy) is 2. The number of aromatic nitrogens is 1. The van der Waals surface area contributed by atoms with E-state index >= 15 is 0 Å². The highest BCUT2D eigenvalue weighted by Crippen LogP contribution is 2.33. The maximum atomic E-state index is 12.4. The van der Waals surface area contributed by atoms with Crippen LogP contribution in [0.1, 0.15) is 19.5 Å². The summed E-state index contributed by atoms with van der Waals surface area (Å²) in [5.74, 6) is -0.138. The quantitative estimate of drug-likeness (QED) is 0.797. The molecule has 140 valence electrons. The maximum Gasteiger partial charge on any atom is 0.329 e. The van der Waals surface area contributed by atoms with Gasteiger partial charge in [0.15, 0.2) is 11.5 Å². The van der Waals surface area contributed by atoms with Crippen molar-refractivity contribution in [1.29, 1.82) is 0 Å². The van der Waals surface area contributed by atoms with Crippen LogP contribution >= 0.6 is 11.3 Å². The molecule has 0 radical (unpaired) electrons. The molecule has 26 heavy (non-hydrogen) atoms. The SMILES string of the molecule is COc1ccc(-c2nc(CC(=O)N(C)C(C)(C)C(=O)O)cs2)cc1OC. The second kappa shape index (κ2) is 7.74. The Morgan fingerprint density at radius 3 is 2.46 bits per heavy atom. The number of carbonyl (C=O) groups is 2. The molecule has 0 unspecified atom stereocenters. The topological polar surface area (TPSA) is 89.0 Å². The molecule has 1 aromatic heterocycles. The molecule has 1 aromatic carbocycles. The van der Waals surface area contributed by atoms with Crippen molar-refractivity contribution in [1.82, 2.24) is 9.88 Å². The van der Waals surface area contributed by atoms with Crippen molar-refractivity contribution in [2.24, 2.45) is 0 Å². The molecule has 1 N–H and O–H groups in total. The highest BCUT2D eigenvalue weighted by Gasteiger charge is 2.35. The Balaban J connectivity index is 2.18. The number of amides is 1. The minimum atomic E-state index is -1.28. The molecule has 1 amide bonds. The number of hydrogen-bond acceptors (Lipinski definition) is 6. The number of carbonyl (C=O) groups excluding carboxylic acids is 1. The summed E-state index contributed by atoms with van der Waals surface area (Å²) < 4.78 is 10.5. The smallest absolute Gasteiger partial charge is 0.329 e. The summed E-state index contributed by atoms with van der Waals surface area (Å²) >= 11 is 1.41. The molecule has 0 spiro atoms. The lowest BCUT2D eigenvalue weighted by Gasteiger charge is -2.31. The van der Waals surface area contributed by atoms with Gasteiger partial charge in [-0.3, -0.25) is 4.79 Å². The van der Waals surface area contributed by atoms with Gasteiger partial charge in [-0.05, 0) is 32.0 Å². The van der Waals surface area contributed by atoms with Gasteiger partial charge in [-0.15, -0.1) is 11.3 Å². The molecule has 0 saturated carbocycles. The van der Waals surface area contributed by atoms with Crippen molar-refractivity contribution in [2.75, 3.05) is 21.3 Å². The summed E-state index contributed by atoms with van der Waals surface area (Å²) in [5.41, 5.74) is 0.169. The fraction of sp³-hybridized carbons (Fsp3) is 0.389. The lowest BCUT2D eigenvalue weighted by Crippen LogP contribution is -2.51. The Morgan fingerprint density at radius 1 is 1.23 bits per heavy atom. The fourth-order valence-electron chi connectivity index (χ4n) is 2.22. The van der Waals surface area contributed by atoms with Crippen molar-refractivity contribution in [3.63, 3.8) is 0 Å². The van der Waals surface area contributed by atoms with Crippen LogP contribution in [0.4, 0.5) is 0 Å². The van der Waals surface area contributed by atoms with Crippen LogP contribution in [-0.4, -0.2) is 53.7 Å². The fourth-order valence-corrected chi connectivity index (χ4v) is 3.04. The molecule has 7 nitrogen and oxygen atoms in total. The lowest BCUT2D eigenvalue weighted by atomic mass is 10.0. The van der Waals surface area contributed by atoms with Gasteiger partial charge in [0.1, 0.15) is 10.5 Å². The third-order valence-corrected chi connectivity index (χ3v) is 5.19. The molecule has 1 heterocycles. The van der Waals surface area contributed by atoms with E-state index in [2.05, 4.69) is 4.98 Å². The summed E-state index contributed by atoms with van der Waals surface area (Å²) in [5, 5.41) is 11.8. The molecule has 0 bridgehead atoms. The van der Waals surface area contributed by atoms with Crippen LogP contribution in [0, 0.1) is 0 Å². The number of likely N-dealkylation sites (N-methyl/N-ethyl adjacent to an activating group) is 1. The molecule has 8 heteroatoms. The van der Waals surface area contributed by atoms with Crippen molar-refractivity contribution in [2.45, 2.75) is 25.8 Å². The van der Waals surface area contributed by atoms with E-state index in [4.69, 9.17) is 9.47 Å². The Kier molecular flexibility index (Phi) is 5.86. The van der Waals surface area contributed by atoms with Gasteiger partial charge in [0.2, 0.25) is 5.91 Å². The molecule has 2 rings (SSSR count). The molecule has 2 aromatic rings. The summed E-state index contributed by atoms with van der Waals surface area (Å²) in [6.07, 6.45) is 0.0387. The van der Waals surface area contributed by atoms with Gasteiger partial charge in [-0.2, -0.15) is 0 Å². The second-order valence-corrected chi connectivity index (χ2v) is 7.07. The van der Waals surface area contributed by atoms with Crippen molar-refractivity contribution in [3.8, 4) is 22.1 Å². The summed E-state index contributed by atoms with van der Waals surface area (Å²) in [4.78, 5) is 29.4. The Bertz CT molecular complexity index is 816. The van der Waals surface area contributed by atoms with Gasteiger partial charge >= 0.3 is 5.97 Å². The molecule has 0 atom stereocenters. The van der Waals surface area contributed by atoms with Crippen LogP contribution in [-0.2, 0) is 16.0 Å². The van der Waals surface area contributed by atoms with Gasteiger partial charge in [-0.25, -0.2) is 9.78 Å². The van der Waals surface area contributed by atoms with Crippen LogP contribution in [0.15, 0.2) is 23.6 Å². The van der Waals surface area contributed by atoms with Crippen molar-refractivity contribution >= 4 is 23.2 Å². The standard InChI is InChI=1S/C18H22N2O5S/c1-18(2,17(22)23)20(3)15(21)9-12-10-26-16(19-12)11-6-7-13(24-4)14(8-11)25-5/h6-8,10H,9H2,1-5H3,(H,22,23). The van der Waals surface area contributed by atoms with E-state index in [1.807, 2.05) is 12.1 Å². The Hall–Kier alpha value is -2.61. The zero-order chi connectivity index (χ0) is 19.5. The third-order valence-electron chi connectivity index (χ3n) is 4.25. The Morgan fingerprint density at radius 2 is 1.88 bits per heavy atom. The lowest BCUT2D eigenvalue weighted by molar-refractivity contribution is -0.155. The summed E-state index contributed by atoms with van der Waals surface area (Å²) in [7, 11) is 4.62. The highest BCUT2D eigenvalue weighted by atomic mass is 32.1. The number of benzene rings is 1. The van der Waals surface area contributed by atoms with E-state index in [9.17, 15) is 14.7 Å². The predicted molar refractivity (Wildman–Crippen MR) is 98.8 cm³/mol. The molecular formula is C18H22N2O5S. The van der Waals surface area contributed by atoms with Gasteiger partial charge in [0.25, 0.3) is 0 Å². The van der Waals surface area contributed by atoms with E-state index in [1.165, 1.54) is 37.1 Å². The Labute approximate surface area is 156 Å². The first kappa shape index (κ1) is 19.7. The van der Waals surface area contributed by atoms with E-state index in [0.717, 1.165) is 10.6 Å². The van der Waals surface area contributed by atoms with Gasteiger partial charge in [-0.1, -0.05) is 0 Å². The molecular weight excluding hydrogens is 356 g/mol. The predicted octanol–water partition coefficient (Wildman–Crippen LogP) is 2.69. The van der Waals surface area contributed by atoms with E-state index in [1.54, 1.807) is 25.7 Å². The monoisotopic (exact) mass is 378 g/mol. The number of hydrogen-bond donors (Lipinski definition) is 1. The van der Waals surface area contributed by atoms with Crippen LogP contribution in [0.5, 0.6) is 11.5 Å². The van der Waals surface area contributed by atoms with E-state index < -0.39 is 11.5 Å². The molecule has 0 aliphatic heterocycles. The summed E-state index contributed by atoms with van der Waals surface area (Å²) in [6.45, 7) is 2.98. The largest absolute Gasteiger partial charge is 0.493 e. The van der Waals surface area contributed by atoms with Crippen LogP contribution in [0.2, 0.25) is 0 Å². The van der Waals surface area contributed by atoms with Crippen molar-refractivity contribution < 1.29 is 24.2 Å². The second-order valence-electron chi connectivity index (χ2n) is 6.21. The number of methoxy groups -OCH3 is 2.